The van der Waals surface area contributed by atoms with E-state index in [2.05, 4.69) is 16.0 Å². The third kappa shape index (κ3) is 4.01. The molecular weight excluding hydrogens is 378 g/mol. The van der Waals surface area contributed by atoms with Crippen molar-refractivity contribution >= 4 is 40.4 Å². The standard InChI is InChI=1S/C20H23N3O4S/c1-11-8-18(25)27-15-9-12(6-7-13(11)15)21-17(24)5-3-2-4-16-19-14(10-28-16)22-20(26)23-19/h6-9,14,16,19H,2-5,10H2,1H3,(H,21,24)(H2,22,23,26)/t14-,16-,19?/m0/s1. The van der Waals surface area contributed by atoms with Crippen molar-refractivity contribution in [2.45, 2.75) is 49.9 Å². The van der Waals surface area contributed by atoms with Gasteiger partial charge in [-0.15, -0.1) is 0 Å². The number of fused-ring (bicyclic) bond motifs is 2. The maximum Gasteiger partial charge on any atom is 0.336 e. The number of anilines is 1. The summed E-state index contributed by atoms with van der Waals surface area (Å²) in [7, 11) is 0. The minimum atomic E-state index is -0.394. The predicted molar refractivity (Wildman–Crippen MR) is 110 cm³/mol. The molecule has 4 rings (SSSR count). The van der Waals surface area contributed by atoms with E-state index < -0.39 is 5.63 Å². The van der Waals surface area contributed by atoms with E-state index in [9.17, 15) is 14.4 Å². The van der Waals surface area contributed by atoms with E-state index in [0.29, 0.717) is 22.9 Å². The first-order valence-corrected chi connectivity index (χ1v) is 10.6. The first-order valence-electron chi connectivity index (χ1n) is 9.52. The molecule has 3 amide bonds. The van der Waals surface area contributed by atoms with Crippen molar-refractivity contribution in [1.82, 2.24) is 10.6 Å². The highest BCUT2D eigenvalue weighted by atomic mass is 32.2. The average molecular weight is 401 g/mol. The van der Waals surface area contributed by atoms with Gasteiger partial charge in [-0.2, -0.15) is 11.8 Å². The Morgan fingerprint density at radius 3 is 2.96 bits per heavy atom. The van der Waals surface area contributed by atoms with Gasteiger partial charge in [0, 0.05) is 40.6 Å². The molecule has 7 nitrogen and oxygen atoms in total. The fourth-order valence-corrected chi connectivity index (χ4v) is 5.44. The van der Waals surface area contributed by atoms with E-state index in [1.807, 2.05) is 30.8 Å². The van der Waals surface area contributed by atoms with E-state index in [-0.39, 0.29) is 24.0 Å². The monoisotopic (exact) mass is 401 g/mol. The molecule has 1 aromatic heterocycles. The number of hydrogen-bond acceptors (Lipinski definition) is 5. The topological polar surface area (TPSA) is 100 Å². The lowest BCUT2D eigenvalue weighted by atomic mass is 10.0. The molecule has 0 bridgehead atoms. The Hall–Kier alpha value is -2.48. The number of aryl methyl sites for hydroxylation is 1. The number of carbonyl (C=O) groups excluding carboxylic acids is 2. The number of hydrogen-bond donors (Lipinski definition) is 3. The summed E-state index contributed by atoms with van der Waals surface area (Å²) in [6.07, 6.45) is 3.16. The number of urea groups is 1. The van der Waals surface area contributed by atoms with Gasteiger partial charge >= 0.3 is 11.7 Å². The van der Waals surface area contributed by atoms with Crippen LogP contribution in [0.1, 0.15) is 31.2 Å². The molecule has 8 heteroatoms. The fraction of sp³-hybridized carbons (Fsp3) is 0.450. The van der Waals surface area contributed by atoms with Crippen LogP contribution in [-0.2, 0) is 4.79 Å². The Morgan fingerprint density at radius 2 is 2.11 bits per heavy atom. The number of nitrogens with one attached hydrogen (secondary N) is 3. The summed E-state index contributed by atoms with van der Waals surface area (Å²) in [5, 5.41) is 10.1. The van der Waals surface area contributed by atoms with Crippen LogP contribution in [0.4, 0.5) is 10.5 Å². The molecule has 1 unspecified atom stereocenters. The second kappa shape index (κ2) is 7.87. The van der Waals surface area contributed by atoms with Gasteiger partial charge in [-0.1, -0.05) is 6.42 Å². The number of amides is 3. The minimum Gasteiger partial charge on any atom is -0.423 e. The Kier molecular flexibility index (Phi) is 5.30. The van der Waals surface area contributed by atoms with Crippen molar-refractivity contribution in [3.8, 4) is 0 Å². The van der Waals surface area contributed by atoms with Gasteiger partial charge in [0.1, 0.15) is 5.58 Å². The van der Waals surface area contributed by atoms with E-state index in [1.54, 1.807) is 6.07 Å². The predicted octanol–water partition coefficient (Wildman–Crippen LogP) is 2.77. The van der Waals surface area contributed by atoms with Gasteiger partial charge in [-0.25, -0.2) is 9.59 Å². The number of benzene rings is 1. The van der Waals surface area contributed by atoms with Gasteiger partial charge in [0.15, 0.2) is 0 Å². The van der Waals surface area contributed by atoms with Crippen LogP contribution in [0.25, 0.3) is 11.0 Å². The van der Waals surface area contributed by atoms with Crippen LogP contribution in [0.2, 0.25) is 0 Å². The lowest BCUT2D eigenvalue weighted by Crippen LogP contribution is -2.36. The molecule has 2 aromatic rings. The molecule has 3 heterocycles. The Labute approximate surface area is 166 Å². The lowest BCUT2D eigenvalue weighted by Gasteiger charge is -2.16. The van der Waals surface area contributed by atoms with Gasteiger partial charge in [0.2, 0.25) is 5.91 Å². The van der Waals surface area contributed by atoms with Crippen molar-refractivity contribution < 1.29 is 14.0 Å². The van der Waals surface area contributed by atoms with E-state index in [0.717, 1.165) is 36.0 Å². The minimum absolute atomic E-state index is 0.0536. The molecule has 1 aromatic carbocycles. The van der Waals surface area contributed by atoms with Crippen molar-refractivity contribution in [3.63, 3.8) is 0 Å². The highest BCUT2D eigenvalue weighted by molar-refractivity contribution is 8.00. The summed E-state index contributed by atoms with van der Waals surface area (Å²) in [6.45, 7) is 1.86. The zero-order chi connectivity index (χ0) is 19.7. The highest BCUT2D eigenvalue weighted by Crippen LogP contribution is 2.33. The third-order valence-electron chi connectivity index (χ3n) is 5.32. The van der Waals surface area contributed by atoms with Crippen molar-refractivity contribution in [1.29, 1.82) is 0 Å². The summed E-state index contributed by atoms with van der Waals surface area (Å²) in [4.78, 5) is 35.2. The second-order valence-electron chi connectivity index (χ2n) is 7.38. The van der Waals surface area contributed by atoms with E-state index in [1.165, 1.54) is 6.07 Å². The Balaban J connectivity index is 1.25. The maximum atomic E-state index is 12.2. The SMILES string of the molecule is Cc1cc(=O)oc2cc(NC(=O)CCCC[C@@H]3SC[C@@H]4NC(=O)NC43)ccc12. The largest absolute Gasteiger partial charge is 0.423 e. The normalized spacial score (nSPS) is 23.3. The third-order valence-corrected chi connectivity index (χ3v) is 6.82. The molecule has 2 saturated heterocycles. The molecule has 148 valence electrons. The van der Waals surface area contributed by atoms with Gasteiger partial charge in [-0.05, 0) is 37.5 Å². The summed E-state index contributed by atoms with van der Waals surface area (Å²) in [5.74, 6) is 0.897. The van der Waals surface area contributed by atoms with Crippen LogP contribution in [0.3, 0.4) is 0 Å². The molecule has 3 N–H and O–H groups in total. The summed E-state index contributed by atoms with van der Waals surface area (Å²) < 4.78 is 5.22. The van der Waals surface area contributed by atoms with Gasteiger partial charge in [0.25, 0.3) is 0 Å². The molecule has 0 aliphatic carbocycles. The quantitative estimate of drug-likeness (QED) is 0.393. The fourth-order valence-electron chi connectivity index (χ4n) is 3.90. The van der Waals surface area contributed by atoms with Gasteiger partial charge in [0.05, 0.1) is 12.1 Å². The summed E-state index contributed by atoms with van der Waals surface area (Å²) >= 11 is 1.89. The molecule has 2 fully saturated rings. The molecule has 28 heavy (non-hydrogen) atoms. The van der Waals surface area contributed by atoms with E-state index in [4.69, 9.17) is 4.42 Å². The van der Waals surface area contributed by atoms with Crippen LogP contribution in [0.5, 0.6) is 0 Å². The van der Waals surface area contributed by atoms with Crippen LogP contribution >= 0.6 is 11.8 Å². The van der Waals surface area contributed by atoms with Crippen molar-refractivity contribution in [3.05, 3.63) is 40.2 Å². The number of carbonyl (C=O) groups is 2. The zero-order valence-corrected chi connectivity index (χ0v) is 16.4. The lowest BCUT2D eigenvalue weighted by molar-refractivity contribution is -0.116. The Morgan fingerprint density at radius 1 is 1.25 bits per heavy atom. The molecule has 0 saturated carbocycles. The first-order chi connectivity index (χ1) is 13.5. The van der Waals surface area contributed by atoms with Crippen molar-refractivity contribution in [2.24, 2.45) is 0 Å². The zero-order valence-electron chi connectivity index (χ0n) is 15.6. The molecule has 3 atom stereocenters. The number of thioether (sulfide) groups is 1. The Bertz CT molecular complexity index is 974. The second-order valence-corrected chi connectivity index (χ2v) is 8.65. The van der Waals surface area contributed by atoms with Gasteiger partial charge < -0.3 is 20.4 Å². The first kappa shape index (κ1) is 18.9. The molecule has 2 aliphatic heterocycles. The van der Waals surface area contributed by atoms with Crippen LogP contribution in [0, 0.1) is 6.92 Å². The summed E-state index contributed by atoms with van der Waals surface area (Å²) in [6, 6.07) is 7.19. The van der Waals surface area contributed by atoms with Crippen LogP contribution in [-0.4, -0.2) is 35.0 Å². The van der Waals surface area contributed by atoms with Crippen molar-refractivity contribution in [2.75, 3.05) is 11.1 Å². The number of rotatable bonds is 6. The smallest absolute Gasteiger partial charge is 0.336 e. The molecule has 0 spiro atoms. The molecule has 0 radical (unpaired) electrons. The van der Waals surface area contributed by atoms with Gasteiger partial charge in [-0.3, -0.25) is 4.79 Å². The highest BCUT2D eigenvalue weighted by Gasteiger charge is 2.42. The summed E-state index contributed by atoms with van der Waals surface area (Å²) in [5.41, 5.74) is 1.56. The van der Waals surface area contributed by atoms with E-state index >= 15 is 0 Å². The number of unbranched alkanes of at least 4 members (excludes halogenated alkanes) is 1. The van der Waals surface area contributed by atoms with Crippen LogP contribution in [0.15, 0.2) is 33.5 Å². The average Bonchev–Trinajstić information content (AvgIpc) is 3.17. The van der Waals surface area contributed by atoms with Crippen LogP contribution < -0.4 is 21.6 Å². The molecular formula is C20H23N3O4S. The molecule has 2 aliphatic rings. The maximum absolute atomic E-state index is 12.2.